The lowest BCUT2D eigenvalue weighted by molar-refractivity contribution is 0.309. The van der Waals surface area contributed by atoms with Crippen LogP contribution in [0.1, 0.15) is 19.8 Å². The largest absolute Gasteiger partial charge is 0.494 e. The van der Waals surface area contributed by atoms with Crippen LogP contribution in [-0.4, -0.2) is 26.5 Å². The Morgan fingerprint density at radius 2 is 1.57 bits per heavy atom. The second-order valence-electron chi connectivity index (χ2n) is 6.83. The van der Waals surface area contributed by atoms with Gasteiger partial charge in [0.1, 0.15) is 11.6 Å². The normalized spacial score (nSPS) is 11.5. The molecule has 5 rings (SSSR count). The minimum Gasteiger partial charge on any atom is -0.494 e. The Hall–Kier alpha value is -3.47. The molecule has 0 aliphatic heterocycles. The van der Waals surface area contributed by atoms with E-state index >= 15 is 0 Å². The number of ether oxygens (including phenoxy) is 1. The number of aromatic amines is 1. The first kappa shape index (κ1) is 16.7. The number of nitrogens with zero attached hydrogens (tertiary/aromatic N) is 3. The third kappa shape index (κ3) is 2.76. The van der Waals surface area contributed by atoms with E-state index in [2.05, 4.69) is 27.9 Å². The van der Waals surface area contributed by atoms with Gasteiger partial charge in [0.05, 0.1) is 28.7 Å². The van der Waals surface area contributed by atoms with Gasteiger partial charge in [-0.2, -0.15) is 0 Å². The van der Waals surface area contributed by atoms with E-state index in [0.29, 0.717) is 0 Å². The van der Waals surface area contributed by atoms with E-state index in [4.69, 9.17) is 9.72 Å². The van der Waals surface area contributed by atoms with Crippen LogP contribution in [-0.2, 0) is 0 Å². The fourth-order valence-electron chi connectivity index (χ4n) is 3.52. The number of imidazole rings is 1. The molecule has 5 heteroatoms. The zero-order valence-electron chi connectivity index (χ0n) is 15.6. The highest BCUT2D eigenvalue weighted by molar-refractivity contribution is 6.20. The van der Waals surface area contributed by atoms with E-state index in [0.717, 1.165) is 69.4 Å². The molecule has 0 spiro atoms. The standard InChI is InChI=1S/C23H20N4O/c1-2-3-14-28-16-10-8-15(9-11-16)23-26-21-17-6-4-12-24-19(17)20-18(22(21)27-23)7-5-13-25-20/h4-13H,2-3,14H2,1H3,(H,26,27). The van der Waals surface area contributed by atoms with Crippen LogP contribution in [0.15, 0.2) is 60.9 Å². The lowest BCUT2D eigenvalue weighted by Gasteiger charge is -2.05. The summed E-state index contributed by atoms with van der Waals surface area (Å²) >= 11 is 0. The molecule has 28 heavy (non-hydrogen) atoms. The van der Waals surface area contributed by atoms with Crippen LogP contribution >= 0.6 is 0 Å². The third-order valence-electron chi connectivity index (χ3n) is 4.96. The maximum Gasteiger partial charge on any atom is 0.138 e. The smallest absolute Gasteiger partial charge is 0.138 e. The van der Waals surface area contributed by atoms with E-state index in [-0.39, 0.29) is 0 Å². The lowest BCUT2D eigenvalue weighted by atomic mass is 10.1. The molecule has 0 bridgehead atoms. The van der Waals surface area contributed by atoms with Crippen molar-refractivity contribution in [1.82, 2.24) is 19.9 Å². The highest BCUT2D eigenvalue weighted by Crippen LogP contribution is 2.33. The van der Waals surface area contributed by atoms with Gasteiger partial charge < -0.3 is 9.72 Å². The van der Waals surface area contributed by atoms with E-state index in [1.807, 2.05) is 42.5 Å². The first-order chi connectivity index (χ1) is 13.8. The molecule has 0 radical (unpaired) electrons. The summed E-state index contributed by atoms with van der Waals surface area (Å²) in [4.78, 5) is 17.5. The van der Waals surface area contributed by atoms with Gasteiger partial charge in [-0.15, -0.1) is 0 Å². The van der Waals surface area contributed by atoms with Crippen molar-refractivity contribution in [3.63, 3.8) is 0 Å². The summed E-state index contributed by atoms with van der Waals surface area (Å²) in [5.74, 6) is 1.72. The maximum atomic E-state index is 5.76. The van der Waals surface area contributed by atoms with Crippen LogP contribution in [0.5, 0.6) is 5.75 Å². The van der Waals surface area contributed by atoms with Gasteiger partial charge in [-0.25, -0.2) is 4.98 Å². The average Bonchev–Trinajstić information content (AvgIpc) is 3.21. The Kier molecular flexibility index (Phi) is 4.13. The first-order valence-corrected chi connectivity index (χ1v) is 9.59. The molecule has 5 aromatic rings. The fraction of sp³-hybridized carbons (Fsp3) is 0.174. The molecule has 0 amide bonds. The van der Waals surface area contributed by atoms with Crippen molar-refractivity contribution < 1.29 is 4.74 Å². The minimum atomic E-state index is 0.748. The third-order valence-corrected chi connectivity index (χ3v) is 4.96. The molecule has 0 aliphatic rings. The number of fused-ring (bicyclic) bond motifs is 6. The quantitative estimate of drug-likeness (QED) is 0.328. The number of H-pyrrole nitrogens is 1. The van der Waals surface area contributed by atoms with Crippen molar-refractivity contribution in [3.05, 3.63) is 60.9 Å². The van der Waals surface area contributed by atoms with Gasteiger partial charge in [0, 0.05) is 28.7 Å². The summed E-state index contributed by atoms with van der Waals surface area (Å²) in [6, 6.07) is 16.1. The predicted octanol–water partition coefficient (Wildman–Crippen LogP) is 5.51. The molecule has 0 unspecified atom stereocenters. The van der Waals surface area contributed by atoms with Crippen LogP contribution in [0.3, 0.4) is 0 Å². The van der Waals surface area contributed by atoms with Crippen LogP contribution in [0.2, 0.25) is 0 Å². The molecule has 2 aromatic carbocycles. The minimum absolute atomic E-state index is 0.748. The van der Waals surface area contributed by atoms with E-state index < -0.39 is 0 Å². The van der Waals surface area contributed by atoms with E-state index in [1.165, 1.54) is 0 Å². The molecule has 0 fully saturated rings. The number of nitrogens with one attached hydrogen (secondary N) is 1. The molecule has 0 saturated heterocycles. The van der Waals surface area contributed by atoms with Gasteiger partial charge in [-0.3, -0.25) is 9.97 Å². The summed E-state index contributed by atoms with van der Waals surface area (Å²) in [7, 11) is 0. The molecule has 138 valence electrons. The average molecular weight is 368 g/mol. The van der Waals surface area contributed by atoms with Crippen molar-refractivity contribution in [2.45, 2.75) is 19.8 Å². The van der Waals surface area contributed by atoms with Gasteiger partial charge in [0.15, 0.2) is 0 Å². The monoisotopic (exact) mass is 368 g/mol. The van der Waals surface area contributed by atoms with Crippen molar-refractivity contribution >= 4 is 32.8 Å². The molecule has 3 heterocycles. The van der Waals surface area contributed by atoms with Gasteiger partial charge in [0.2, 0.25) is 0 Å². The number of pyridine rings is 2. The Morgan fingerprint density at radius 1 is 0.857 bits per heavy atom. The SMILES string of the molecule is CCCCOc1ccc(-c2nc3c4cccnc4c4ncccc4c3[nH]2)cc1. The van der Waals surface area contributed by atoms with Gasteiger partial charge in [0.25, 0.3) is 0 Å². The topological polar surface area (TPSA) is 63.7 Å². The molecular weight excluding hydrogens is 348 g/mol. The highest BCUT2D eigenvalue weighted by Gasteiger charge is 2.14. The molecule has 0 saturated carbocycles. The fourth-order valence-corrected chi connectivity index (χ4v) is 3.52. The molecule has 5 nitrogen and oxygen atoms in total. The molecular formula is C23H20N4O. The Balaban J connectivity index is 1.64. The van der Waals surface area contributed by atoms with Crippen molar-refractivity contribution in [3.8, 4) is 17.1 Å². The second-order valence-corrected chi connectivity index (χ2v) is 6.83. The number of aromatic nitrogens is 4. The number of rotatable bonds is 5. The van der Waals surface area contributed by atoms with Gasteiger partial charge in [-0.1, -0.05) is 13.3 Å². The van der Waals surface area contributed by atoms with Crippen molar-refractivity contribution in [2.75, 3.05) is 6.61 Å². The summed E-state index contributed by atoms with van der Waals surface area (Å²) in [6.45, 7) is 2.91. The van der Waals surface area contributed by atoms with Crippen LogP contribution < -0.4 is 4.74 Å². The summed E-state index contributed by atoms with van der Waals surface area (Å²) in [6.07, 6.45) is 5.79. The Labute approximate surface area is 162 Å². The Morgan fingerprint density at radius 3 is 2.32 bits per heavy atom. The number of unbranched alkanes of at least 4 members (excludes halogenated alkanes) is 1. The van der Waals surface area contributed by atoms with E-state index in [1.54, 1.807) is 12.4 Å². The van der Waals surface area contributed by atoms with Crippen LogP contribution in [0.25, 0.3) is 44.2 Å². The number of hydrogen-bond acceptors (Lipinski definition) is 4. The zero-order chi connectivity index (χ0) is 18.9. The first-order valence-electron chi connectivity index (χ1n) is 9.59. The summed E-state index contributed by atoms with van der Waals surface area (Å²) in [5.41, 5.74) is 4.70. The molecule has 0 atom stereocenters. The van der Waals surface area contributed by atoms with Gasteiger partial charge in [-0.05, 0) is 55.0 Å². The number of hydrogen-bond donors (Lipinski definition) is 1. The van der Waals surface area contributed by atoms with Crippen LogP contribution in [0.4, 0.5) is 0 Å². The highest BCUT2D eigenvalue weighted by atomic mass is 16.5. The van der Waals surface area contributed by atoms with E-state index in [9.17, 15) is 0 Å². The van der Waals surface area contributed by atoms with Crippen molar-refractivity contribution in [1.29, 1.82) is 0 Å². The molecule has 1 N–H and O–H groups in total. The van der Waals surface area contributed by atoms with Gasteiger partial charge >= 0.3 is 0 Å². The summed E-state index contributed by atoms with van der Waals surface area (Å²) in [5, 5.41) is 2.03. The number of benzene rings is 2. The van der Waals surface area contributed by atoms with Crippen LogP contribution in [0, 0.1) is 0 Å². The second kappa shape index (κ2) is 6.93. The zero-order valence-corrected chi connectivity index (χ0v) is 15.6. The Bertz CT molecular complexity index is 1200. The molecule has 0 aliphatic carbocycles. The van der Waals surface area contributed by atoms with Crippen molar-refractivity contribution in [2.24, 2.45) is 0 Å². The lowest BCUT2D eigenvalue weighted by Crippen LogP contribution is -1.96. The molecule has 3 aromatic heterocycles. The maximum absolute atomic E-state index is 5.76. The summed E-state index contributed by atoms with van der Waals surface area (Å²) < 4.78 is 5.76. The predicted molar refractivity (Wildman–Crippen MR) is 113 cm³/mol.